The van der Waals surface area contributed by atoms with Crippen LogP contribution in [-0.2, 0) is 6.54 Å². The highest BCUT2D eigenvalue weighted by atomic mass is 32.1. The topological polar surface area (TPSA) is 47.8 Å². The molecule has 0 bridgehead atoms. The average molecular weight is 306 g/mol. The van der Waals surface area contributed by atoms with E-state index < -0.39 is 5.82 Å². The Labute approximate surface area is 126 Å². The zero-order chi connectivity index (χ0) is 15.1. The van der Waals surface area contributed by atoms with Gasteiger partial charge in [-0.05, 0) is 38.2 Å². The van der Waals surface area contributed by atoms with E-state index in [0.29, 0.717) is 17.0 Å². The molecule has 5 nitrogen and oxygen atoms in total. The highest BCUT2D eigenvalue weighted by Gasteiger charge is 2.16. The number of benzene rings is 1. The number of hydrogen-bond donors (Lipinski definition) is 1. The molecule has 2 aromatic heterocycles. The summed E-state index contributed by atoms with van der Waals surface area (Å²) in [5, 5.41) is 4.45. The van der Waals surface area contributed by atoms with Crippen LogP contribution in [0.15, 0.2) is 18.2 Å². The summed E-state index contributed by atoms with van der Waals surface area (Å²) >= 11 is 5.37. The standard InChI is InChI=1S/C14H15FN4OS/c1-4-18-13-12(8(2)17-18)16-14(21)19(13)9-5-6-11(20-3)10(15)7-9/h5-7H,4H2,1-3H3,(H,16,21). The van der Waals surface area contributed by atoms with Crippen molar-refractivity contribution in [2.75, 3.05) is 7.11 Å². The van der Waals surface area contributed by atoms with Crippen LogP contribution in [-0.4, -0.2) is 26.4 Å². The van der Waals surface area contributed by atoms with Crippen LogP contribution < -0.4 is 4.74 Å². The van der Waals surface area contributed by atoms with Crippen molar-refractivity contribution in [2.24, 2.45) is 0 Å². The van der Waals surface area contributed by atoms with Gasteiger partial charge in [0.1, 0.15) is 5.52 Å². The summed E-state index contributed by atoms with van der Waals surface area (Å²) in [6, 6.07) is 4.77. The van der Waals surface area contributed by atoms with Crippen molar-refractivity contribution < 1.29 is 9.13 Å². The Bertz CT molecular complexity index is 877. The highest BCUT2D eigenvalue weighted by molar-refractivity contribution is 7.71. The van der Waals surface area contributed by atoms with Gasteiger partial charge < -0.3 is 9.72 Å². The number of nitrogens with one attached hydrogen (secondary N) is 1. The van der Waals surface area contributed by atoms with Crippen molar-refractivity contribution >= 4 is 23.4 Å². The van der Waals surface area contributed by atoms with Gasteiger partial charge in [0, 0.05) is 12.6 Å². The molecule has 0 amide bonds. The third-order valence-electron chi connectivity index (χ3n) is 3.44. The Kier molecular flexibility index (Phi) is 3.29. The number of hydrogen-bond acceptors (Lipinski definition) is 3. The molecule has 0 saturated carbocycles. The summed E-state index contributed by atoms with van der Waals surface area (Å²) < 4.78 is 23.1. The molecule has 3 rings (SSSR count). The van der Waals surface area contributed by atoms with Crippen molar-refractivity contribution in [3.05, 3.63) is 34.5 Å². The van der Waals surface area contributed by atoms with Crippen molar-refractivity contribution in [1.29, 1.82) is 0 Å². The average Bonchev–Trinajstić information content (AvgIpc) is 2.95. The molecule has 110 valence electrons. The number of imidazole rings is 1. The van der Waals surface area contributed by atoms with Gasteiger partial charge in [-0.2, -0.15) is 5.10 Å². The maximum atomic E-state index is 14.0. The number of H-pyrrole nitrogens is 1. The Hall–Kier alpha value is -2.15. The summed E-state index contributed by atoms with van der Waals surface area (Å²) in [7, 11) is 1.44. The highest BCUT2D eigenvalue weighted by Crippen LogP contribution is 2.25. The first-order valence-corrected chi connectivity index (χ1v) is 6.99. The Balaban J connectivity index is 2.31. The molecular weight excluding hydrogens is 291 g/mol. The van der Waals surface area contributed by atoms with Crippen LogP contribution in [0.1, 0.15) is 12.6 Å². The number of halogens is 1. The van der Waals surface area contributed by atoms with Crippen LogP contribution in [0.3, 0.4) is 0 Å². The van der Waals surface area contributed by atoms with Crippen LogP contribution >= 0.6 is 12.2 Å². The van der Waals surface area contributed by atoms with E-state index in [9.17, 15) is 4.39 Å². The zero-order valence-corrected chi connectivity index (χ0v) is 12.8. The van der Waals surface area contributed by atoms with Gasteiger partial charge in [-0.15, -0.1) is 0 Å². The van der Waals surface area contributed by atoms with Crippen molar-refractivity contribution in [3.8, 4) is 11.4 Å². The Morgan fingerprint density at radius 3 is 2.81 bits per heavy atom. The van der Waals surface area contributed by atoms with Gasteiger partial charge in [0.15, 0.2) is 22.0 Å². The van der Waals surface area contributed by atoms with Gasteiger partial charge in [0.05, 0.1) is 18.5 Å². The van der Waals surface area contributed by atoms with Crippen molar-refractivity contribution in [2.45, 2.75) is 20.4 Å². The molecular formula is C14H15FN4OS. The summed E-state index contributed by atoms with van der Waals surface area (Å²) in [6.07, 6.45) is 0. The second-order valence-electron chi connectivity index (χ2n) is 4.68. The molecule has 2 heterocycles. The molecule has 0 unspecified atom stereocenters. The van der Waals surface area contributed by atoms with E-state index in [4.69, 9.17) is 17.0 Å². The zero-order valence-electron chi connectivity index (χ0n) is 12.0. The van der Waals surface area contributed by atoms with E-state index in [1.807, 2.05) is 18.5 Å². The molecule has 1 aromatic carbocycles. The lowest BCUT2D eigenvalue weighted by atomic mass is 10.3. The monoisotopic (exact) mass is 306 g/mol. The van der Waals surface area contributed by atoms with Crippen molar-refractivity contribution in [3.63, 3.8) is 0 Å². The predicted octanol–water partition coefficient (Wildman–Crippen LogP) is 3.36. The first-order valence-electron chi connectivity index (χ1n) is 6.58. The molecule has 21 heavy (non-hydrogen) atoms. The van der Waals surface area contributed by atoms with Crippen LogP contribution in [0, 0.1) is 17.5 Å². The van der Waals surface area contributed by atoms with E-state index in [-0.39, 0.29) is 5.75 Å². The van der Waals surface area contributed by atoms with Gasteiger partial charge in [0.2, 0.25) is 0 Å². The second kappa shape index (κ2) is 5.00. The van der Waals surface area contributed by atoms with Crippen LogP contribution in [0.4, 0.5) is 4.39 Å². The number of rotatable bonds is 3. The van der Waals surface area contributed by atoms with Gasteiger partial charge in [-0.3, -0.25) is 4.57 Å². The molecule has 0 saturated heterocycles. The van der Waals surface area contributed by atoms with E-state index in [1.54, 1.807) is 16.7 Å². The number of aromatic amines is 1. The van der Waals surface area contributed by atoms with Crippen LogP contribution in [0.25, 0.3) is 16.9 Å². The molecule has 1 N–H and O–H groups in total. The molecule has 3 aromatic rings. The maximum absolute atomic E-state index is 14.0. The van der Waals surface area contributed by atoms with Crippen LogP contribution in [0.2, 0.25) is 0 Å². The number of ether oxygens (including phenoxy) is 1. The quantitative estimate of drug-likeness (QED) is 0.755. The number of aromatic nitrogens is 4. The van der Waals surface area contributed by atoms with E-state index in [0.717, 1.165) is 16.9 Å². The Morgan fingerprint density at radius 1 is 1.43 bits per heavy atom. The molecule has 0 radical (unpaired) electrons. The molecule has 7 heteroatoms. The fourth-order valence-electron chi connectivity index (χ4n) is 2.46. The van der Waals surface area contributed by atoms with Gasteiger partial charge in [-0.25, -0.2) is 9.07 Å². The van der Waals surface area contributed by atoms with Gasteiger partial charge in [-0.1, -0.05) is 0 Å². The summed E-state index contributed by atoms with van der Waals surface area (Å²) in [6.45, 7) is 4.62. The SMILES string of the molecule is CCn1nc(C)c2[nH]c(=S)n(-c3ccc(OC)c(F)c3)c21. The van der Waals surface area contributed by atoms with E-state index in [1.165, 1.54) is 13.2 Å². The number of aryl methyl sites for hydroxylation is 2. The third-order valence-corrected chi connectivity index (χ3v) is 3.73. The minimum atomic E-state index is -0.425. The molecule has 0 atom stereocenters. The molecule has 0 fully saturated rings. The lowest BCUT2D eigenvalue weighted by molar-refractivity contribution is 0.386. The first-order chi connectivity index (χ1) is 10.1. The molecule has 0 aliphatic carbocycles. The van der Waals surface area contributed by atoms with Gasteiger partial charge in [0.25, 0.3) is 0 Å². The lowest BCUT2D eigenvalue weighted by Gasteiger charge is -2.08. The number of nitrogens with zero attached hydrogens (tertiary/aromatic N) is 3. The maximum Gasteiger partial charge on any atom is 0.184 e. The molecule has 0 aliphatic rings. The van der Waals surface area contributed by atoms with Crippen LogP contribution in [0.5, 0.6) is 5.75 Å². The fraction of sp³-hybridized carbons (Fsp3) is 0.286. The molecule has 0 spiro atoms. The summed E-state index contributed by atoms with van der Waals surface area (Å²) in [4.78, 5) is 3.14. The van der Waals surface area contributed by atoms with E-state index in [2.05, 4.69) is 10.1 Å². The number of fused-ring (bicyclic) bond motifs is 1. The summed E-state index contributed by atoms with van der Waals surface area (Å²) in [5.74, 6) is -0.220. The van der Waals surface area contributed by atoms with Gasteiger partial charge >= 0.3 is 0 Å². The minimum absolute atomic E-state index is 0.206. The molecule has 0 aliphatic heterocycles. The number of methoxy groups -OCH3 is 1. The third kappa shape index (κ3) is 2.04. The van der Waals surface area contributed by atoms with E-state index >= 15 is 0 Å². The fourth-order valence-corrected chi connectivity index (χ4v) is 2.75. The predicted molar refractivity (Wildman–Crippen MR) is 81.2 cm³/mol. The summed E-state index contributed by atoms with van der Waals surface area (Å²) in [5.41, 5.74) is 3.22. The lowest BCUT2D eigenvalue weighted by Crippen LogP contribution is -2.04. The normalized spacial score (nSPS) is 11.2. The first kappa shape index (κ1) is 13.8. The Morgan fingerprint density at radius 2 is 2.19 bits per heavy atom. The second-order valence-corrected chi connectivity index (χ2v) is 5.07. The minimum Gasteiger partial charge on any atom is -0.494 e. The van der Waals surface area contributed by atoms with Crippen molar-refractivity contribution in [1.82, 2.24) is 19.3 Å². The smallest absolute Gasteiger partial charge is 0.184 e. The largest absolute Gasteiger partial charge is 0.494 e.